The van der Waals surface area contributed by atoms with Gasteiger partial charge in [0.1, 0.15) is 5.82 Å². The number of guanidine groups is 1. The smallest absolute Gasteiger partial charge is 0.195 e. The summed E-state index contributed by atoms with van der Waals surface area (Å²) in [7, 11) is 1.73. The van der Waals surface area contributed by atoms with E-state index in [1.807, 2.05) is 42.6 Å². The van der Waals surface area contributed by atoms with Crippen molar-refractivity contribution in [2.24, 2.45) is 4.99 Å². The molecule has 0 saturated heterocycles. The average molecular weight is 377 g/mol. The zero-order chi connectivity index (χ0) is 19.2. The van der Waals surface area contributed by atoms with Gasteiger partial charge in [0.25, 0.3) is 0 Å². The third-order valence-corrected chi connectivity index (χ3v) is 4.37. The number of ether oxygens (including phenoxy) is 2. The molecule has 7 heteroatoms. The normalized spacial score (nSPS) is 13.7. The quantitative estimate of drug-likeness (QED) is 0.479. The van der Waals surface area contributed by atoms with Gasteiger partial charge in [0, 0.05) is 25.2 Å². The lowest BCUT2D eigenvalue weighted by Gasteiger charge is -2.13. The number of aromatic amines is 1. The number of nitrogens with zero attached hydrogens (tertiary/aromatic N) is 2. The van der Waals surface area contributed by atoms with E-state index < -0.39 is 0 Å². The summed E-state index contributed by atoms with van der Waals surface area (Å²) in [6, 6.07) is 15.9. The summed E-state index contributed by atoms with van der Waals surface area (Å²) >= 11 is 0. The predicted molar refractivity (Wildman–Crippen MR) is 110 cm³/mol. The molecule has 7 nitrogen and oxygen atoms in total. The number of benzene rings is 2. The van der Waals surface area contributed by atoms with Crippen molar-refractivity contribution in [3.05, 3.63) is 60.6 Å². The molecule has 0 spiro atoms. The molecule has 3 aromatic rings. The zero-order valence-electron chi connectivity index (χ0n) is 15.7. The van der Waals surface area contributed by atoms with Crippen LogP contribution in [0.1, 0.15) is 12.2 Å². The number of nitrogens with one attached hydrogen (secondary N) is 3. The first kappa shape index (κ1) is 17.9. The van der Waals surface area contributed by atoms with Crippen LogP contribution in [0.15, 0.2) is 59.7 Å². The van der Waals surface area contributed by atoms with Gasteiger partial charge in [0.2, 0.25) is 0 Å². The van der Waals surface area contributed by atoms with Crippen LogP contribution in [0.4, 0.5) is 5.69 Å². The molecule has 1 aliphatic heterocycles. The molecule has 1 aliphatic rings. The van der Waals surface area contributed by atoms with Crippen molar-refractivity contribution in [3.8, 4) is 22.8 Å². The van der Waals surface area contributed by atoms with E-state index in [1.165, 1.54) is 0 Å². The molecule has 144 valence electrons. The van der Waals surface area contributed by atoms with Crippen LogP contribution in [0, 0.1) is 0 Å². The molecule has 28 heavy (non-hydrogen) atoms. The molecule has 3 N–H and O–H groups in total. The van der Waals surface area contributed by atoms with Crippen LogP contribution >= 0.6 is 0 Å². The van der Waals surface area contributed by atoms with Crippen LogP contribution in [-0.4, -0.2) is 36.2 Å². The highest BCUT2D eigenvalue weighted by atomic mass is 16.5. The van der Waals surface area contributed by atoms with Crippen molar-refractivity contribution in [3.63, 3.8) is 0 Å². The van der Waals surface area contributed by atoms with E-state index in [1.54, 1.807) is 7.05 Å². The maximum atomic E-state index is 5.74. The monoisotopic (exact) mass is 377 g/mol. The van der Waals surface area contributed by atoms with Crippen molar-refractivity contribution >= 4 is 11.6 Å². The molecule has 0 aliphatic carbocycles. The number of imidazole rings is 1. The molecular formula is C21H23N5O2. The van der Waals surface area contributed by atoms with Crippen LogP contribution in [-0.2, 0) is 6.54 Å². The molecule has 1 aromatic heterocycles. The van der Waals surface area contributed by atoms with E-state index in [0.29, 0.717) is 25.7 Å². The van der Waals surface area contributed by atoms with Gasteiger partial charge in [0.05, 0.1) is 31.6 Å². The Morgan fingerprint density at radius 3 is 2.75 bits per heavy atom. The van der Waals surface area contributed by atoms with Gasteiger partial charge in [-0.05, 0) is 17.7 Å². The standard InChI is InChI=1S/C21H23N5O2/c1-22-21(25-16-8-9-18-19(12-16)28-11-5-10-27-18)24-14-20-23-13-17(26-20)15-6-3-2-4-7-15/h2-4,6-9,12-13H,5,10-11,14H2,1H3,(H,23,26)(H2,22,24,25). The number of fused-ring (bicyclic) bond motifs is 1. The molecule has 2 heterocycles. The van der Waals surface area contributed by atoms with E-state index in [4.69, 9.17) is 9.47 Å². The molecule has 2 aromatic carbocycles. The molecule has 0 atom stereocenters. The fourth-order valence-electron chi connectivity index (χ4n) is 2.94. The zero-order valence-corrected chi connectivity index (χ0v) is 15.7. The second-order valence-electron chi connectivity index (χ2n) is 6.37. The number of anilines is 1. The van der Waals surface area contributed by atoms with Crippen molar-refractivity contribution < 1.29 is 9.47 Å². The van der Waals surface area contributed by atoms with Crippen molar-refractivity contribution in [1.29, 1.82) is 0 Å². The van der Waals surface area contributed by atoms with Crippen LogP contribution in [0.25, 0.3) is 11.3 Å². The maximum absolute atomic E-state index is 5.74. The fourth-order valence-corrected chi connectivity index (χ4v) is 2.94. The van der Waals surface area contributed by atoms with Crippen LogP contribution < -0.4 is 20.1 Å². The van der Waals surface area contributed by atoms with E-state index in [-0.39, 0.29) is 0 Å². The van der Waals surface area contributed by atoms with Gasteiger partial charge in [-0.25, -0.2) is 4.98 Å². The average Bonchev–Trinajstić information content (AvgIpc) is 3.09. The number of H-pyrrole nitrogens is 1. The van der Waals surface area contributed by atoms with Gasteiger partial charge < -0.3 is 25.1 Å². The predicted octanol–water partition coefficient (Wildman–Crippen LogP) is 3.43. The first-order valence-electron chi connectivity index (χ1n) is 9.28. The van der Waals surface area contributed by atoms with E-state index >= 15 is 0 Å². The summed E-state index contributed by atoms with van der Waals surface area (Å²) in [6.45, 7) is 1.86. The van der Waals surface area contributed by atoms with E-state index in [9.17, 15) is 0 Å². The van der Waals surface area contributed by atoms with Crippen LogP contribution in [0.5, 0.6) is 11.5 Å². The molecule has 0 fully saturated rings. The van der Waals surface area contributed by atoms with Gasteiger partial charge in [-0.1, -0.05) is 30.3 Å². The maximum Gasteiger partial charge on any atom is 0.195 e. The highest BCUT2D eigenvalue weighted by molar-refractivity contribution is 5.93. The van der Waals surface area contributed by atoms with Crippen molar-refractivity contribution in [2.45, 2.75) is 13.0 Å². The number of hydrogen-bond acceptors (Lipinski definition) is 4. The largest absolute Gasteiger partial charge is 0.490 e. The molecule has 0 amide bonds. The minimum atomic E-state index is 0.525. The summed E-state index contributed by atoms with van der Waals surface area (Å²) in [6.07, 6.45) is 2.72. The SMILES string of the molecule is CN=C(NCc1ncc(-c2ccccc2)[nH]1)Nc1ccc2c(c1)OCCCO2. The number of rotatable bonds is 4. The lowest BCUT2D eigenvalue weighted by Crippen LogP contribution is -2.30. The first-order chi connectivity index (χ1) is 13.8. The van der Waals surface area contributed by atoms with E-state index in [0.717, 1.165) is 40.7 Å². The van der Waals surface area contributed by atoms with Crippen molar-refractivity contribution in [2.75, 3.05) is 25.6 Å². The Labute approximate surface area is 163 Å². The Morgan fingerprint density at radius 2 is 1.93 bits per heavy atom. The highest BCUT2D eigenvalue weighted by Gasteiger charge is 2.11. The summed E-state index contributed by atoms with van der Waals surface area (Å²) in [5.41, 5.74) is 2.97. The summed E-state index contributed by atoms with van der Waals surface area (Å²) in [4.78, 5) is 12.0. The Kier molecular flexibility index (Phi) is 5.42. The lowest BCUT2D eigenvalue weighted by atomic mass is 10.2. The first-order valence-corrected chi connectivity index (χ1v) is 9.28. The second kappa shape index (κ2) is 8.47. The molecule has 0 unspecified atom stereocenters. The Morgan fingerprint density at radius 1 is 1.11 bits per heavy atom. The van der Waals surface area contributed by atoms with Crippen molar-refractivity contribution in [1.82, 2.24) is 15.3 Å². The summed E-state index contributed by atoms with van der Waals surface area (Å²) in [5.74, 6) is 3.00. The van der Waals surface area contributed by atoms with Crippen LogP contribution in [0.3, 0.4) is 0 Å². The lowest BCUT2D eigenvalue weighted by molar-refractivity contribution is 0.297. The van der Waals surface area contributed by atoms with Gasteiger partial charge in [-0.15, -0.1) is 0 Å². The minimum absolute atomic E-state index is 0.525. The number of aromatic nitrogens is 2. The molecule has 0 radical (unpaired) electrons. The summed E-state index contributed by atoms with van der Waals surface area (Å²) < 4.78 is 11.4. The van der Waals surface area contributed by atoms with Gasteiger partial charge in [-0.3, -0.25) is 4.99 Å². The Bertz CT molecular complexity index is 952. The third kappa shape index (κ3) is 4.25. The van der Waals surface area contributed by atoms with Gasteiger partial charge in [0.15, 0.2) is 17.5 Å². The van der Waals surface area contributed by atoms with Crippen LogP contribution in [0.2, 0.25) is 0 Å². The molecule has 0 bridgehead atoms. The number of hydrogen-bond donors (Lipinski definition) is 3. The second-order valence-corrected chi connectivity index (χ2v) is 6.37. The molecule has 0 saturated carbocycles. The van der Waals surface area contributed by atoms with E-state index in [2.05, 4.69) is 37.7 Å². The Hall–Kier alpha value is -3.48. The topological polar surface area (TPSA) is 83.6 Å². The molecular weight excluding hydrogens is 354 g/mol. The van der Waals surface area contributed by atoms with Gasteiger partial charge >= 0.3 is 0 Å². The highest BCUT2D eigenvalue weighted by Crippen LogP contribution is 2.32. The number of aliphatic imine (C=N–C) groups is 1. The van der Waals surface area contributed by atoms with Gasteiger partial charge in [-0.2, -0.15) is 0 Å². The minimum Gasteiger partial charge on any atom is -0.490 e. The molecule has 4 rings (SSSR count). The Balaban J connectivity index is 1.38. The fraction of sp³-hybridized carbons (Fsp3) is 0.238. The third-order valence-electron chi connectivity index (χ3n) is 4.37. The summed E-state index contributed by atoms with van der Waals surface area (Å²) in [5, 5.41) is 6.53.